The minimum Gasteiger partial charge on any atom is -0.292 e. The van der Waals surface area contributed by atoms with Crippen molar-refractivity contribution in [3.63, 3.8) is 0 Å². The molecule has 1 aromatic rings. The highest BCUT2D eigenvalue weighted by atomic mass is 35.6. The topological polar surface area (TPSA) is 78.0 Å². The van der Waals surface area contributed by atoms with Crippen molar-refractivity contribution >= 4 is 69.4 Å². The molecule has 1 heterocycles. The summed E-state index contributed by atoms with van der Waals surface area (Å²) < 4.78 is 176. The van der Waals surface area contributed by atoms with Crippen molar-refractivity contribution in [1.82, 2.24) is 11.5 Å². The summed E-state index contributed by atoms with van der Waals surface area (Å²) in [4.78, 5) is -0.785. The second-order valence-corrected chi connectivity index (χ2v) is 20.8. The molecule has 2 rings (SSSR count). The molecular formula is C22H28AlCl3F9N3O4S2. The maximum atomic E-state index is 14.2. The van der Waals surface area contributed by atoms with Crippen LogP contribution >= 0.6 is 34.8 Å². The molecule has 0 spiro atoms. The lowest BCUT2D eigenvalue weighted by Gasteiger charge is -2.49. The molecule has 0 radical (unpaired) electrons. The van der Waals surface area contributed by atoms with Gasteiger partial charge in [0.25, 0.3) is 0 Å². The zero-order valence-corrected chi connectivity index (χ0v) is 28.6. The molecule has 0 unspecified atom stereocenters. The highest BCUT2D eigenvalue weighted by Crippen LogP contribution is 2.42. The van der Waals surface area contributed by atoms with Gasteiger partial charge in [0, 0.05) is 25.2 Å². The second-order valence-electron chi connectivity index (χ2n) is 10.9. The highest BCUT2D eigenvalue weighted by Gasteiger charge is 2.57. The van der Waals surface area contributed by atoms with Crippen LogP contribution < -0.4 is 0 Å². The van der Waals surface area contributed by atoms with Gasteiger partial charge >= 0.3 is 36.2 Å². The van der Waals surface area contributed by atoms with Gasteiger partial charge in [-0.1, -0.05) is 68.3 Å². The Morgan fingerprint density at radius 1 is 0.773 bits per heavy atom. The molecule has 7 nitrogen and oxygen atoms in total. The van der Waals surface area contributed by atoms with E-state index in [1.165, 1.54) is 27.7 Å². The Balaban J connectivity index is 3.06. The van der Waals surface area contributed by atoms with Crippen molar-refractivity contribution in [2.75, 3.05) is 19.6 Å². The van der Waals surface area contributed by atoms with Gasteiger partial charge in [0.15, 0.2) is 0 Å². The average Bonchev–Trinajstić information content (AvgIpc) is 2.78. The van der Waals surface area contributed by atoms with Crippen LogP contribution in [0.25, 0.3) is 0 Å². The normalized spacial score (nSPS) is 21.7. The predicted octanol–water partition coefficient (Wildman–Crippen LogP) is 6.72. The van der Waals surface area contributed by atoms with Crippen LogP contribution in [-0.2, 0) is 32.4 Å². The van der Waals surface area contributed by atoms with Crippen molar-refractivity contribution in [2.24, 2.45) is 11.8 Å². The van der Waals surface area contributed by atoms with E-state index in [0.717, 1.165) is 5.79 Å². The lowest BCUT2D eigenvalue weighted by atomic mass is 10.0. The minimum atomic E-state index is -5.51. The van der Waals surface area contributed by atoms with Gasteiger partial charge in [0.05, 0.1) is 22.6 Å². The third-order valence-electron chi connectivity index (χ3n) is 6.93. The van der Waals surface area contributed by atoms with Crippen LogP contribution in [0.1, 0.15) is 38.8 Å². The van der Waals surface area contributed by atoms with Crippen LogP contribution in [0.4, 0.5) is 39.5 Å². The summed E-state index contributed by atoms with van der Waals surface area (Å²) in [7, 11) is -10.7. The summed E-state index contributed by atoms with van der Waals surface area (Å²) in [5.74, 6) is -0.696. The van der Waals surface area contributed by atoms with E-state index in [1.54, 1.807) is 0 Å². The van der Waals surface area contributed by atoms with Crippen LogP contribution in [0.2, 0.25) is 5.79 Å². The number of nitrogens with zero attached hydrogens (tertiary/aromatic N) is 3. The van der Waals surface area contributed by atoms with Crippen LogP contribution in [0.15, 0.2) is 23.1 Å². The fourth-order valence-corrected chi connectivity index (χ4v) is 15.6. The largest absolute Gasteiger partial charge is 0.516 e. The summed E-state index contributed by atoms with van der Waals surface area (Å²) >= 11 is 13.3. The van der Waals surface area contributed by atoms with Crippen molar-refractivity contribution in [3.05, 3.63) is 29.3 Å². The predicted molar refractivity (Wildman–Crippen MR) is 148 cm³/mol. The van der Waals surface area contributed by atoms with Crippen LogP contribution in [-0.4, -0.2) is 83.9 Å². The summed E-state index contributed by atoms with van der Waals surface area (Å²) in [6.07, 6.45) is -15.8. The van der Waals surface area contributed by atoms with E-state index in [0.29, 0.717) is 11.5 Å². The molecule has 0 saturated carbocycles. The first-order valence-corrected chi connectivity index (χ1v) is 18.8. The Hall–Kier alpha value is -0.228. The molecule has 1 fully saturated rings. The first kappa shape index (κ1) is 39.9. The van der Waals surface area contributed by atoms with E-state index in [1.807, 2.05) is 0 Å². The molecule has 254 valence electrons. The van der Waals surface area contributed by atoms with E-state index < -0.39 is 116 Å². The lowest BCUT2D eigenvalue weighted by molar-refractivity contribution is -0.149. The molecule has 22 heteroatoms. The molecule has 2 atom stereocenters. The molecule has 0 aliphatic carbocycles. The first-order valence-electron chi connectivity index (χ1n) is 12.6. The van der Waals surface area contributed by atoms with Crippen molar-refractivity contribution in [1.29, 1.82) is 0 Å². The van der Waals surface area contributed by atoms with Gasteiger partial charge in [-0.05, 0) is 30.0 Å². The summed E-state index contributed by atoms with van der Waals surface area (Å²) in [6.45, 7) is 2.53. The minimum absolute atomic E-state index is 0.0525. The van der Waals surface area contributed by atoms with E-state index in [-0.39, 0.29) is 18.2 Å². The maximum Gasteiger partial charge on any atom is 0.516 e. The maximum absolute atomic E-state index is 14.2. The van der Waals surface area contributed by atoms with Gasteiger partial charge in [0.1, 0.15) is 0 Å². The molecular weight excluding hydrogens is 739 g/mol. The van der Waals surface area contributed by atoms with Gasteiger partial charge in [0.2, 0.25) is 20.0 Å². The molecule has 0 bridgehead atoms. The molecule has 1 aliphatic rings. The zero-order valence-electron chi connectivity index (χ0n) is 23.6. The number of benzene rings is 1. The number of hydrogen-bond donors (Lipinski definition) is 0. The van der Waals surface area contributed by atoms with Crippen LogP contribution in [0, 0.1) is 11.8 Å². The van der Waals surface area contributed by atoms with E-state index in [4.69, 9.17) is 34.8 Å². The van der Waals surface area contributed by atoms with Gasteiger partial charge in [-0.3, -0.25) is 11.5 Å². The Bertz CT molecular complexity index is 1370. The Labute approximate surface area is 269 Å². The number of hydrogen-bond acceptors (Lipinski definition) is 5. The van der Waals surface area contributed by atoms with Gasteiger partial charge < -0.3 is 0 Å². The summed E-state index contributed by atoms with van der Waals surface area (Å²) in [5.41, 5.74) is -3.95. The quantitative estimate of drug-likeness (QED) is 0.183. The van der Waals surface area contributed by atoms with E-state index in [9.17, 15) is 56.3 Å². The molecule has 1 saturated heterocycles. The third kappa shape index (κ3) is 9.01. The Morgan fingerprint density at radius 3 is 1.48 bits per heavy atom. The van der Waals surface area contributed by atoms with Crippen molar-refractivity contribution in [2.45, 2.75) is 72.1 Å². The Morgan fingerprint density at radius 2 is 1.16 bits per heavy atom. The fraction of sp³-hybridized carbons (Fsp3) is 0.727. The smallest absolute Gasteiger partial charge is 0.292 e. The lowest BCUT2D eigenvalue weighted by Crippen LogP contribution is -2.69. The SMILES string of the molecule is CC(C)[C@H]1CN(CC(F)(F)F)C[C@H](C(C)C)[N](S(=O)(=O)C(Cl)(Cl)Cl)[Al]([CH3])[N]1S(=O)(=O)c1cc(C(F)(F)F)cc(C(F)(F)F)c1. The van der Waals surface area contributed by atoms with Crippen molar-refractivity contribution < 1.29 is 56.3 Å². The van der Waals surface area contributed by atoms with Gasteiger partial charge in [-0.15, -0.1) is 0 Å². The number of rotatable bonds is 6. The summed E-state index contributed by atoms with van der Waals surface area (Å²) in [5, 5.41) is 0. The zero-order chi connectivity index (χ0) is 34.6. The van der Waals surface area contributed by atoms with Gasteiger partial charge in [-0.2, -0.15) is 39.5 Å². The monoisotopic (exact) mass is 765 g/mol. The fourth-order valence-electron chi connectivity index (χ4n) is 4.90. The van der Waals surface area contributed by atoms with E-state index in [2.05, 4.69) is 0 Å². The third-order valence-corrected chi connectivity index (χ3v) is 17.5. The number of alkyl halides is 12. The van der Waals surface area contributed by atoms with Crippen molar-refractivity contribution in [3.8, 4) is 0 Å². The molecule has 1 aromatic carbocycles. The summed E-state index contributed by atoms with van der Waals surface area (Å²) in [6, 6.07) is -3.44. The standard InChI is InChI=1S/C21H25Cl3F9N3O4S2.CH3.Al/c1-11(2)16(34-41(37,38)15-6-13(19(28,29)30)5-14(7-15)20(31,32)33)8-36(10-18(25,26)27)9-17(12(3)4)35-42(39,40)21(22,23)24;;/h5-7,11-12,16-17H,8-10H2,1-4H3;1H3;/q-2;;+2/t16-,17-;;/m1../s1. The number of halogens is 12. The van der Waals surface area contributed by atoms with E-state index >= 15 is 0 Å². The molecule has 0 aromatic heterocycles. The van der Waals surface area contributed by atoms with Crippen LogP contribution in [0.3, 0.4) is 0 Å². The van der Waals surface area contributed by atoms with Gasteiger partial charge in [-0.25, -0.2) is 16.8 Å². The number of sulfonamides is 2. The average molecular weight is 767 g/mol. The second kappa shape index (κ2) is 13.3. The molecule has 1 aliphatic heterocycles. The molecule has 44 heavy (non-hydrogen) atoms. The highest BCUT2D eigenvalue weighted by molar-refractivity contribution is 7.96. The molecule has 0 N–H and O–H groups in total. The Kier molecular flexibility index (Phi) is 12.1. The van der Waals surface area contributed by atoms with Crippen LogP contribution in [0.5, 0.6) is 0 Å². The molecule has 0 amide bonds. The first-order chi connectivity index (χ1) is 19.4.